The van der Waals surface area contributed by atoms with E-state index < -0.39 is 6.04 Å². The first-order valence-corrected chi connectivity index (χ1v) is 12.2. The number of Topliss-reactive ketones (excluding diaryl/α,β-unsaturated/α-hetero) is 1. The zero-order valence-electron chi connectivity index (χ0n) is 20.3. The third kappa shape index (κ3) is 3.93. The Morgan fingerprint density at radius 1 is 1.05 bits per heavy atom. The molecular formula is C28H25N5O4. The molecule has 0 unspecified atom stereocenters. The molecule has 0 saturated carbocycles. The first-order valence-electron chi connectivity index (χ1n) is 12.2. The minimum atomic E-state index is -0.603. The van der Waals surface area contributed by atoms with Crippen molar-refractivity contribution >= 4 is 34.1 Å². The van der Waals surface area contributed by atoms with Crippen molar-refractivity contribution < 1.29 is 14.5 Å². The van der Waals surface area contributed by atoms with Gasteiger partial charge < -0.3 is 15.0 Å². The fourth-order valence-corrected chi connectivity index (χ4v) is 5.25. The third-order valence-electron chi connectivity index (χ3n) is 6.98. The van der Waals surface area contributed by atoms with Crippen LogP contribution in [0.1, 0.15) is 28.9 Å². The number of carbonyl (C=O) groups excluding carboxylic acids is 1. The molecule has 186 valence electrons. The molecular weight excluding hydrogens is 470 g/mol. The summed E-state index contributed by atoms with van der Waals surface area (Å²) in [6.07, 6.45) is 0. The largest absolute Gasteiger partial charge is 0.378 e. The van der Waals surface area contributed by atoms with E-state index in [1.807, 2.05) is 64.9 Å². The molecule has 2 aliphatic heterocycles. The summed E-state index contributed by atoms with van der Waals surface area (Å²) in [5.74, 6) is 0.451. The van der Waals surface area contributed by atoms with Crippen LogP contribution in [0.2, 0.25) is 0 Å². The zero-order chi connectivity index (χ0) is 25.5. The summed E-state index contributed by atoms with van der Waals surface area (Å²) in [7, 11) is 0. The van der Waals surface area contributed by atoms with Crippen molar-refractivity contribution in [3.8, 4) is 0 Å². The number of ether oxygens (including phenoxy) is 1. The molecule has 9 nitrogen and oxygen atoms in total. The van der Waals surface area contributed by atoms with Crippen molar-refractivity contribution in [3.63, 3.8) is 0 Å². The van der Waals surface area contributed by atoms with E-state index in [0.717, 1.165) is 11.0 Å². The Balaban J connectivity index is 1.56. The Labute approximate surface area is 213 Å². The number of morpholine rings is 1. The predicted octanol–water partition coefficient (Wildman–Crippen LogP) is 4.95. The monoisotopic (exact) mass is 495 g/mol. The molecule has 1 fully saturated rings. The highest BCUT2D eigenvalue weighted by molar-refractivity contribution is 6.11. The molecule has 2 aliphatic rings. The SMILES string of the molecule is CC1=C(C(=O)c2ccccc2)[C@H](c2ccc(N3CCOCC3)c([N+](=O)[O-])c2)n2c(nc3ccccc32)N1. The van der Waals surface area contributed by atoms with Gasteiger partial charge in [0.25, 0.3) is 5.69 Å². The van der Waals surface area contributed by atoms with E-state index in [-0.39, 0.29) is 16.4 Å². The first-order chi connectivity index (χ1) is 18.0. The van der Waals surface area contributed by atoms with Crippen LogP contribution >= 0.6 is 0 Å². The normalized spacial score (nSPS) is 17.4. The Kier molecular flexibility index (Phi) is 5.69. The van der Waals surface area contributed by atoms with Crippen LogP contribution in [0.25, 0.3) is 11.0 Å². The number of carbonyl (C=O) groups is 1. The van der Waals surface area contributed by atoms with E-state index in [9.17, 15) is 14.9 Å². The molecule has 1 saturated heterocycles. The van der Waals surface area contributed by atoms with Crippen molar-refractivity contribution in [1.29, 1.82) is 0 Å². The molecule has 0 aliphatic carbocycles. The van der Waals surface area contributed by atoms with Crippen molar-refractivity contribution in [2.45, 2.75) is 13.0 Å². The minimum Gasteiger partial charge on any atom is -0.378 e. The van der Waals surface area contributed by atoms with E-state index in [4.69, 9.17) is 9.72 Å². The van der Waals surface area contributed by atoms with E-state index in [1.165, 1.54) is 0 Å². The van der Waals surface area contributed by atoms with Crippen LogP contribution in [0.4, 0.5) is 17.3 Å². The summed E-state index contributed by atoms with van der Waals surface area (Å²) >= 11 is 0. The van der Waals surface area contributed by atoms with Crippen LogP contribution in [0, 0.1) is 10.1 Å². The number of nitrogens with zero attached hydrogens (tertiary/aromatic N) is 4. The van der Waals surface area contributed by atoms with Gasteiger partial charge in [0, 0.05) is 36.0 Å². The Morgan fingerprint density at radius 2 is 1.78 bits per heavy atom. The lowest BCUT2D eigenvalue weighted by Gasteiger charge is -2.32. The molecule has 37 heavy (non-hydrogen) atoms. The highest BCUT2D eigenvalue weighted by Crippen LogP contribution is 2.42. The van der Waals surface area contributed by atoms with Gasteiger partial charge in [0.1, 0.15) is 5.69 Å². The molecule has 1 aromatic heterocycles. The lowest BCUT2D eigenvalue weighted by Crippen LogP contribution is -2.36. The second-order valence-corrected chi connectivity index (χ2v) is 9.16. The van der Waals surface area contributed by atoms with Gasteiger partial charge in [-0.1, -0.05) is 48.5 Å². The Bertz CT molecular complexity index is 1550. The third-order valence-corrected chi connectivity index (χ3v) is 6.98. The fraction of sp³-hybridized carbons (Fsp3) is 0.214. The van der Waals surface area contributed by atoms with Gasteiger partial charge in [-0.2, -0.15) is 0 Å². The number of anilines is 2. The number of nitro benzene ring substituents is 1. The van der Waals surface area contributed by atoms with E-state index in [2.05, 4.69) is 5.32 Å². The number of benzene rings is 3. The van der Waals surface area contributed by atoms with E-state index >= 15 is 0 Å². The molecule has 1 N–H and O–H groups in total. The molecule has 6 rings (SSSR count). The standard InChI is InChI=1S/C28H25N5O4/c1-18-25(27(34)19-7-3-2-4-8-19)26(32-22-10-6-5-9-21(22)30-28(32)29-18)20-11-12-23(24(17-20)33(35)36)31-13-15-37-16-14-31/h2-12,17,26H,13-16H2,1H3,(H,29,30)/t26-/m0/s1. The van der Waals surface area contributed by atoms with Gasteiger partial charge in [-0.05, 0) is 30.7 Å². The number of fused-ring (bicyclic) bond motifs is 3. The van der Waals surface area contributed by atoms with Crippen molar-refractivity contribution in [2.24, 2.45) is 0 Å². The molecule has 0 spiro atoms. The fourth-order valence-electron chi connectivity index (χ4n) is 5.25. The number of imidazole rings is 1. The van der Waals surface area contributed by atoms with Gasteiger partial charge in [-0.3, -0.25) is 19.5 Å². The lowest BCUT2D eigenvalue weighted by atomic mass is 9.89. The maximum Gasteiger partial charge on any atom is 0.292 e. The van der Waals surface area contributed by atoms with E-state index in [1.54, 1.807) is 24.3 Å². The number of hydrogen-bond donors (Lipinski definition) is 1. The molecule has 0 bridgehead atoms. The van der Waals surface area contributed by atoms with Crippen molar-refractivity contribution in [3.05, 3.63) is 105 Å². The van der Waals surface area contributed by atoms with Crippen LogP contribution < -0.4 is 10.2 Å². The number of allylic oxidation sites excluding steroid dienone is 2. The molecule has 0 radical (unpaired) electrons. The van der Waals surface area contributed by atoms with Gasteiger partial charge in [0.05, 0.1) is 35.2 Å². The van der Waals surface area contributed by atoms with Crippen LogP contribution in [0.15, 0.2) is 84.1 Å². The average Bonchev–Trinajstić information content (AvgIpc) is 3.30. The Morgan fingerprint density at radius 3 is 2.54 bits per heavy atom. The molecule has 0 amide bonds. The van der Waals surface area contributed by atoms with Gasteiger partial charge in [-0.15, -0.1) is 0 Å². The van der Waals surface area contributed by atoms with Crippen LogP contribution in [0.3, 0.4) is 0 Å². The van der Waals surface area contributed by atoms with Crippen LogP contribution in [0.5, 0.6) is 0 Å². The predicted molar refractivity (Wildman–Crippen MR) is 141 cm³/mol. The number of nitrogens with one attached hydrogen (secondary N) is 1. The maximum absolute atomic E-state index is 13.9. The molecule has 3 aromatic carbocycles. The number of rotatable bonds is 5. The maximum atomic E-state index is 13.9. The first kappa shape index (κ1) is 22.9. The number of hydrogen-bond acceptors (Lipinski definition) is 7. The summed E-state index contributed by atoms with van der Waals surface area (Å²) in [6.45, 7) is 4.06. The summed E-state index contributed by atoms with van der Waals surface area (Å²) < 4.78 is 7.40. The quantitative estimate of drug-likeness (QED) is 0.237. The van der Waals surface area contributed by atoms with Gasteiger partial charge in [0.15, 0.2) is 5.78 Å². The average molecular weight is 496 g/mol. The number of ketones is 1. The lowest BCUT2D eigenvalue weighted by molar-refractivity contribution is -0.384. The minimum absolute atomic E-state index is 0.00747. The summed E-state index contributed by atoms with van der Waals surface area (Å²) in [4.78, 5) is 32.5. The second-order valence-electron chi connectivity index (χ2n) is 9.16. The summed E-state index contributed by atoms with van der Waals surface area (Å²) in [6, 6.07) is 21.5. The Hall–Kier alpha value is -4.50. The number of aromatic nitrogens is 2. The molecule has 4 aromatic rings. The van der Waals surface area contributed by atoms with Gasteiger partial charge >= 0.3 is 0 Å². The van der Waals surface area contributed by atoms with E-state index in [0.29, 0.717) is 60.3 Å². The van der Waals surface area contributed by atoms with Gasteiger partial charge in [-0.25, -0.2) is 4.98 Å². The van der Waals surface area contributed by atoms with Crippen molar-refractivity contribution in [2.75, 3.05) is 36.5 Å². The summed E-state index contributed by atoms with van der Waals surface area (Å²) in [5, 5.41) is 15.6. The summed E-state index contributed by atoms with van der Waals surface area (Å²) in [5.41, 5.74) is 4.56. The second kappa shape index (κ2) is 9.18. The highest BCUT2D eigenvalue weighted by Gasteiger charge is 2.36. The molecule has 9 heteroatoms. The van der Waals surface area contributed by atoms with Crippen molar-refractivity contribution in [1.82, 2.24) is 9.55 Å². The van der Waals surface area contributed by atoms with Crippen LogP contribution in [-0.2, 0) is 4.74 Å². The molecule has 3 heterocycles. The van der Waals surface area contributed by atoms with Gasteiger partial charge in [0.2, 0.25) is 5.95 Å². The smallest absolute Gasteiger partial charge is 0.292 e. The number of nitro groups is 1. The topological polar surface area (TPSA) is 103 Å². The number of para-hydroxylation sites is 2. The highest BCUT2D eigenvalue weighted by atomic mass is 16.6. The zero-order valence-corrected chi connectivity index (χ0v) is 20.3. The van der Waals surface area contributed by atoms with Crippen LogP contribution in [-0.4, -0.2) is 46.6 Å². The molecule has 1 atom stereocenters.